The number of aliphatic carboxylic acids is 1. The molecule has 28 heavy (non-hydrogen) atoms. The number of carboxylic acid groups (broad SMARTS) is 1. The maximum Gasteiger partial charge on any atom is 0.317 e. The molecule has 2 heterocycles. The van der Waals surface area contributed by atoms with Crippen molar-refractivity contribution in [2.24, 2.45) is 0 Å². The zero-order valence-corrected chi connectivity index (χ0v) is 17.4. The number of para-hydroxylation sites is 1. The largest absolute Gasteiger partial charge is 0.480 e. The predicted molar refractivity (Wildman–Crippen MR) is 111 cm³/mol. The summed E-state index contributed by atoms with van der Waals surface area (Å²) in [7, 11) is 1.91. The molecule has 0 spiro atoms. The predicted octanol–water partition coefficient (Wildman–Crippen LogP) is 3.15. The van der Waals surface area contributed by atoms with Crippen molar-refractivity contribution in [3.05, 3.63) is 47.8 Å². The Labute approximate surface area is 167 Å². The normalized spacial score (nSPS) is 16.6. The van der Waals surface area contributed by atoms with E-state index in [0.29, 0.717) is 6.04 Å². The van der Waals surface area contributed by atoms with Crippen LogP contribution >= 0.6 is 0 Å². The number of carboxylic acids is 1. The lowest BCUT2D eigenvalue weighted by Crippen LogP contribution is -2.44. The third-order valence-electron chi connectivity index (χ3n) is 5.48. The highest BCUT2D eigenvalue weighted by Crippen LogP contribution is 2.27. The number of likely N-dealkylation sites (tertiary alicyclic amines) is 1. The van der Waals surface area contributed by atoms with Crippen LogP contribution in [-0.2, 0) is 16.8 Å². The number of nitrogens with zero attached hydrogens (tertiary/aromatic N) is 4. The van der Waals surface area contributed by atoms with Crippen LogP contribution in [0, 0.1) is 0 Å². The van der Waals surface area contributed by atoms with Crippen LogP contribution in [0.4, 0.5) is 0 Å². The molecule has 0 unspecified atom stereocenters. The lowest BCUT2D eigenvalue weighted by Gasteiger charge is -2.36. The minimum Gasteiger partial charge on any atom is -0.480 e. The van der Waals surface area contributed by atoms with Gasteiger partial charge in [0.1, 0.15) is 0 Å². The molecule has 1 fully saturated rings. The van der Waals surface area contributed by atoms with Gasteiger partial charge in [-0.2, -0.15) is 5.10 Å². The Bertz CT molecular complexity index is 787. The maximum atomic E-state index is 10.9. The standard InChI is InChI=1S/C22H32N4O2/c1-22(2,3)21-17(15-26(23-21)19-8-6-5-7-9-19)14-25-12-10-18(11-13-25)24(4)16-20(27)28/h5-9,15,18H,10-14,16H2,1-4H3,(H,27,28). The summed E-state index contributed by atoms with van der Waals surface area (Å²) in [5.74, 6) is -0.756. The Morgan fingerprint density at radius 3 is 2.43 bits per heavy atom. The van der Waals surface area contributed by atoms with E-state index in [1.165, 1.54) is 5.56 Å². The summed E-state index contributed by atoms with van der Waals surface area (Å²) in [6.45, 7) is 9.59. The van der Waals surface area contributed by atoms with Gasteiger partial charge in [0.05, 0.1) is 17.9 Å². The molecule has 3 rings (SSSR count). The third kappa shape index (κ3) is 5.00. The van der Waals surface area contributed by atoms with E-state index in [4.69, 9.17) is 10.2 Å². The van der Waals surface area contributed by atoms with Crippen LogP contribution in [0.2, 0.25) is 0 Å². The van der Waals surface area contributed by atoms with Gasteiger partial charge in [0.15, 0.2) is 0 Å². The molecule has 0 bridgehead atoms. The minimum atomic E-state index is -0.756. The number of benzene rings is 1. The van der Waals surface area contributed by atoms with Gasteiger partial charge >= 0.3 is 5.97 Å². The maximum absolute atomic E-state index is 10.9. The Morgan fingerprint density at radius 1 is 1.21 bits per heavy atom. The first-order valence-corrected chi connectivity index (χ1v) is 10.0. The Kier molecular flexibility index (Phi) is 6.20. The molecule has 0 aliphatic carbocycles. The minimum absolute atomic E-state index is 0.0185. The van der Waals surface area contributed by atoms with Crippen molar-refractivity contribution in [3.63, 3.8) is 0 Å². The van der Waals surface area contributed by atoms with Gasteiger partial charge in [0.2, 0.25) is 0 Å². The van der Waals surface area contributed by atoms with Crippen molar-refractivity contribution in [1.29, 1.82) is 0 Å². The van der Waals surface area contributed by atoms with Crippen molar-refractivity contribution in [2.75, 3.05) is 26.7 Å². The van der Waals surface area contributed by atoms with Gasteiger partial charge in [0.25, 0.3) is 0 Å². The second-order valence-electron chi connectivity index (χ2n) is 8.85. The highest BCUT2D eigenvalue weighted by Gasteiger charge is 2.27. The monoisotopic (exact) mass is 384 g/mol. The molecule has 0 atom stereocenters. The first-order valence-electron chi connectivity index (χ1n) is 10.0. The molecule has 1 aliphatic rings. The van der Waals surface area contributed by atoms with Crippen molar-refractivity contribution in [2.45, 2.75) is 51.6 Å². The second kappa shape index (κ2) is 8.45. The molecule has 2 aromatic rings. The molecular formula is C22H32N4O2. The molecule has 1 aliphatic heterocycles. The first-order chi connectivity index (χ1) is 13.2. The topological polar surface area (TPSA) is 61.6 Å². The number of carbonyl (C=O) groups is 1. The number of piperidine rings is 1. The molecule has 0 amide bonds. The van der Waals surface area contributed by atoms with Gasteiger partial charge in [0, 0.05) is 29.8 Å². The van der Waals surface area contributed by atoms with E-state index < -0.39 is 5.97 Å². The van der Waals surface area contributed by atoms with E-state index in [9.17, 15) is 4.79 Å². The lowest BCUT2D eigenvalue weighted by atomic mass is 9.89. The van der Waals surface area contributed by atoms with E-state index in [1.807, 2.05) is 34.8 Å². The van der Waals surface area contributed by atoms with Crippen molar-refractivity contribution >= 4 is 5.97 Å². The summed E-state index contributed by atoms with van der Waals surface area (Å²) in [5, 5.41) is 13.9. The van der Waals surface area contributed by atoms with E-state index in [2.05, 4.69) is 44.0 Å². The number of hydrogen-bond acceptors (Lipinski definition) is 4. The van der Waals surface area contributed by atoms with Gasteiger partial charge < -0.3 is 5.11 Å². The molecule has 0 saturated carbocycles. The molecule has 6 nitrogen and oxygen atoms in total. The van der Waals surface area contributed by atoms with Crippen LogP contribution in [0.25, 0.3) is 5.69 Å². The van der Waals surface area contributed by atoms with Gasteiger partial charge in [-0.1, -0.05) is 39.0 Å². The molecular weight excluding hydrogens is 352 g/mol. The van der Waals surface area contributed by atoms with Crippen LogP contribution in [0.15, 0.2) is 36.5 Å². The summed E-state index contributed by atoms with van der Waals surface area (Å²) < 4.78 is 1.99. The summed E-state index contributed by atoms with van der Waals surface area (Å²) in [5.41, 5.74) is 3.47. The van der Waals surface area contributed by atoms with Gasteiger partial charge in [-0.25, -0.2) is 4.68 Å². The van der Waals surface area contributed by atoms with Crippen LogP contribution in [-0.4, -0.2) is 63.4 Å². The molecule has 152 valence electrons. The fraction of sp³-hybridized carbons (Fsp3) is 0.545. The Hall–Kier alpha value is -2.18. The van der Waals surface area contributed by atoms with Gasteiger partial charge in [-0.3, -0.25) is 14.6 Å². The SMILES string of the molecule is CN(CC(=O)O)C1CCN(Cc2cn(-c3ccccc3)nc2C(C)(C)C)CC1. The van der Waals surface area contributed by atoms with Crippen molar-refractivity contribution in [3.8, 4) is 5.69 Å². The van der Waals surface area contributed by atoms with E-state index >= 15 is 0 Å². The van der Waals surface area contributed by atoms with E-state index in [-0.39, 0.29) is 12.0 Å². The molecule has 0 radical (unpaired) electrons. The highest BCUT2D eigenvalue weighted by atomic mass is 16.4. The van der Waals surface area contributed by atoms with E-state index in [1.54, 1.807) is 0 Å². The zero-order valence-electron chi connectivity index (χ0n) is 17.4. The first kappa shape index (κ1) is 20.6. The number of likely N-dealkylation sites (N-methyl/N-ethyl adjacent to an activating group) is 1. The Morgan fingerprint density at radius 2 is 1.86 bits per heavy atom. The van der Waals surface area contributed by atoms with Crippen LogP contribution < -0.4 is 0 Å². The smallest absolute Gasteiger partial charge is 0.317 e. The fourth-order valence-corrected chi connectivity index (χ4v) is 3.97. The van der Waals surface area contributed by atoms with E-state index in [0.717, 1.165) is 43.9 Å². The van der Waals surface area contributed by atoms with Crippen LogP contribution in [0.3, 0.4) is 0 Å². The van der Waals surface area contributed by atoms with Crippen LogP contribution in [0.1, 0.15) is 44.9 Å². The number of rotatable bonds is 6. The third-order valence-corrected chi connectivity index (χ3v) is 5.48. The van der Waals surface area contributed by atoms with Crippen molar-refractivity contribution < 1.29 is 9.90 Å². The Balaban J connectivity index is 1.70. The molecule has 1 saturated heterocycles. The molecule has 6 heteroatoms. The summed E-state index contributed by atoms with van der Waals surface area (Å²) in [6, 6.07) is 10.6. The molecule has 1 aromatic carbocycles. The second-order valence-corrected chi connectivity index (χ2v) is 8.85. The number of hydrogen-bond donors (Lipinski definition) is 1. The summed E-state index contributed by atoms with van der Waals surface area (Å²) in [6.07, 6.45) is 4.17. The molecule has 1 N–H and O–H groups in total. The summed E-state index contributed by atoms with van der Waals surface area (Å²) >= 11 is 0. The van der Waals surface area contributed by atoms with Crippen LogP contribution in [0.5, 0.6) is 0 Å². The average molecular weight is 385 g/mol. The highest BCUT2D eigenvalue weighted by molar-refractivity contribution is 5.69. The molecule has 1 aromatic heterocycles. The van der Waals surface area contributed by atoms with Gasteiger partial charge in [-0.05, 0) is 45.1 Å². The number of aromatic nitrogens is 2. The fourth-order valence-electron chi connectivity index (χ4n) is 3.97. The van der Waals surface area contributed by atoms with Gasteiger partial charge in [-0.15, -0.1) is 0 Å². The summed E-state index contributed by atoms with van der Waals surface area (Å²) in [4.78, 5) is 15.4. The lowest BCUT2D eigenvalue weighted by molar-refractivity contribution is -0.138. The van der Waals surface area contributed by atoms with Crippen molar-refractivity contribution in [1.82, 2.24) is 19.6 Å². The quantitative estimate of drug-likeness (QED) is 0.829. The zero-order chi connectivity index (χ0) is 20.3. The average Bonchev–Trinajstić information content (AvgIpc) is 3.07.